The normalized spacial score (nSPS) is 14.4. The van der Waals surface area contributed by atoms with Crippen molar-refractivity contribution in [2.45, 2.75) is 19.4 Å². The maximum absolute atomic E-state index is 12.2. The molecule has 1 saturated heterocycles. The zero-order valence-corrected chi connectivity index (χ0v) is 13.1. The number of benzene rings is 1. The Labute approximate surface area is 132 Å². The van der Waals surface area contributed by atoms with Crippen molar-refractivity contribution in [1.82, 2.24) is 9.88 Å². The van der Waals surface area contributed by atoms with Crippen LogP contribution in [-0.2, 0) is 6.54 Å². The molecule has 1 aromatic heterocycles. The van der Waals surface area contributed by atoms with Crippen LogP contribution in [0.1, 0.15) is 28.1 Å². The Bertz CT molecular complexity index is 620. The van der Waals surface area contributed by atoms with Crippen LogP contribution in [-0.4, -0.2) is 28.9 Å². The van der Waals surface area contributed by atoms with Crippen molar-refractivity contribution in [3.05, 3.63) is 45.4 Å². The highest BCUT2D eigenvalue weighted by molar-refractivity contribution is 7.15. The second kappa shape index (κ2) is 6.45. The van der Waals surface area contributed by atoms with Gasteiger partial charge >= 0.3 is 0 Å². The van der Waals surface area contributed by atoms with E-state index < -0.39 is 0 Å². The van der Waals surface area contributed by atoms with Crippen LogP contribution in [0.2, 0.25) is 4.47 Å². The Kier molecular flexibility index (Phi) is 4.41. The Morgan fingerprint density at radius 1 is 1.29 bits per heavy atom. The molecule has 110 valence electrons. The first-order valence-corrected chi connectivity index (χ1v) is 8.15. The predicted octanol–water partition coefficient (Wildman–Crippen LogP) is 3.64. The average Bonchev–Trinajstić information content (AvgIpc) is 3.16. The second-order valence-electron chi connectivity index (χ2n) is 5.01. The van der Waals surface area contributed by atoms with Crippen LogP contribution in [0.15, 0.2) is 30.5 Å². The molecule has 0 aliphatic carbocycles. The van der Waals surface area contributed by atoms with Crippen LogP contribution in [0.4, 0.5) is 5.69 Å². The van der Waals surface area contributed by atoms with Gasteiger partial charge in [0.1, 0.15) is 0 Å². The van der Waals surface area contributed by atoms with E-state index in [1.54, 1.807) is 6.20 Å². The molecule has 0 bridgehead atoms. The quantitative estimate of drug-likeness (QED) is 0.935. The molecule has 0 atom stereocenters. The van der Waals surface area contributed by atoms with Gasteiger partial charge in [-0.25, -0.2) is 4.98 Å². The number of carbonyl (C=O) groups is 1. The van der Waals surface area contributed by atoms with Crippen LogP contribution in [0.25, 0.3) is 0 Å². The standard InChI is InChI=1S/C15H16ClN3OS/c16-15-18-10-13(21-15)9-17-12-5-3-11(4-6-12)14(20)19-7-1-2-8-19/h3-6,10,17H,1-2,7-9H2. The lowest BCUT2D eigenvalue weighted by molar-refractivity contribution is 0.0793. The Morgan fingerprint density at radius 3 is 2.62 bits per heavy atom. The van der Waals surface area contributed by atoms with Gasteiger partial charge in [-0.1, -0.05) is 11.6 Å². The zero-order valence-electron chi connectivity index (χ0n) is 11.5. The van der Waals surface area contributed by atoms with E-state index in [2.05, 4.69) is 10.3 Å². The highest BCUT2D eigenvalue weighted by Gasteiger charge is 2.19. The highest BCUT2D eigenvalue weighted by atomic mass is 35.5. The number of thiazole rings is 1. The number of aromatic nitrogens is 1. The summed E-state index contributed by atoms with van der Waals surface area (Å²) in [4.78, 5) is 19.2. The summed E-state index contributed by atoms with van der Waals surface area (Å²) in [5.41, 5.74) is 1.74. The molecule has 1 aliphatic rings. The van der Waals surface area contributed by atoms with Crippen LogP contribution in [0, 0.1) is 0 Å². The van der Waals surface area contributed by atoms with Gasteiger partial charge in [0.25, 0.3) is 5.91 Å². The molecule has 1 N–H and O–H groups in total. The van der Waals surface area contributed by atoms with E-state index in [1.165, 1.54) is 11.3 Å². The van der Waals surface area contributed by atoms with Crippen molar-refractivity contribution < 1.29 is 4.79 Å². The summed E-state index contributed by atoms with van der Waals surface area (Å²) in [5.74, 6) is 0.133. The van der Waals surface area contributed by atoms with Crippen molar-refractivity contribution >= 4 is 34.5 Å². The maximum Gasteiger partial charge on any atom is 0.253 e. The van der Waals surface area contributed by atoms with Crippen molar-refractivity contribution in [2.24, 2.45) is 0 Å². The van der Waals surface area contributed by atoms with Crippen molar-refractivity contribution in [3.8, 4) is 0 Å². The molecular weight excluding hydrogens is 306 g/mol. The topological polar surface area (TPSA) is 45.2 Å². The van der Waals surface area contributed by atoms with Gasteiger partial charge in [0.05, 0.1) is 6.54 Å². The lowest BCUT2D eigenvalue weighted by Crippen LogP contribution is -2.27. The molecule has 0 radical (unpaired) electrons. The molecule has 2 aromatic rings. The monoisotopic (exact) mass is 321 g/mol. The molecule has 0 spiro atoms. The Balaban J connectivity index is 1.59. The zero-order chi connectivity index (χ0) is 14.7. The molecule has 0 saturated carbocycles. The summed E-state index contributed by atoms with van der Waals surface area (Å²) in [5, 5.41) is 3.30. The number of nitrogens with one attached hydrogen (secondary N) is 1. The summed E-state index contributed by atoms with van der Waals surface area (Å²) < 4.78 is 0.554. The largest absolute Gasteiger partial charge is 0.380 e. The van der Waals surface area contributed by atoms with Crippen LogP contribution >= 0.6 is 22.9 Å². The molecular formula is C15H16ClN3OS. The van der Waals surface area contributed by atoms with Crippen molar-refractivity contribution in [3.63, 3.8) is 0 Å². The Morgan fingerprint density at radius 2 is 2.00 bits per heavy atom. The second-order valence-corrected chi connectivity index (χ2v) is 6.71. The predicted molar refractivity (Wildman–Crippen MR) is 86.0 cm³/mol. The van der Waals surface area contributed by atoms with Crippen molar-refractivity contribution in [2.75, 3.05) is 18.4 Å². The fourth-order valence-electron chi connectivity index (χ4n) is 2.39. The fraction of sp³-hybridized carbons (Fsp3) is 0.333. The van der Waals surface area contributed by atoms with Gasteiger partial charge in [-0.3, -0.25) is 4.79 Å². The molecule has 4 nitrogen and oxygen atoms in total. The minimum absolute atomic E-state index is 0.133. The van der Waals surface area contributed by atoms with Gasteiger partial charge < -0.3 is 10.2 Å². The fourth-order valence-corrected chi connectivity index (χ4v) is 3.31. The van der Waals surface area contributed by atoms with E-state index >= 15 is 0 Å². The number of amides is 1. The third-order valence-corrected chi connectivity index (χ3v) is 4.63. The third-order valence-electron chi connectivity index (χ3n) is 3.52. The molecule has 1 fully saturated rings. The van der Waals surface area contributed by atoms with Gasteiger partial charge in [-0.15, -0.1) is 11.3 Å². The minimum atomic E-state index is 0.133. The van der Waals surface area contributed by atoms with Gasteiger partial charge in [-0.05, 0) is 37.1 Å². The summed E-state index contributed by atoms with van der Waals surface area (Å²) in [7, 11) is 0. The van der Waals surface area contributed by atoms with Crippen LogP contribution < -0.4 is 5.32 Å². The minimum Gasteiger partial charge on any atom is -0.380 e. The van der Waals surface area contributed by atoms with E-state index in [0.29, 0.717) is 11.0 Å². The Hall–Kier alpha value is -1.59. The smallest absolute Gasteiger partial charge is 0.253 e. The van der Waals surface area contributed by atoms with Gasteiger partial charge in [0.15, 0.2) is 4.47 Å². The molecule has 6 heteroatoms. The third kappa shape index (κ3) is 3.54. The number of carbonyl (C=O) groups excluding carboxylic acids is 1. The molecule has 0 unspecified atom stereocenters. The first kappa shape index (κ1) is 14.4. The van der Waals surface area contributed by atoms with Crippen molar-refractivity contribution in [1.29, 1.82) is 0 Å². The summed E-state index contributed by atoms with van der Waals surface area (Å²) >= 11 is 7.26. The molecule has 1 amide bonds. The van der Waals surface area contributed by atoms with Crippen LogP contribution in [0.5, 0.6) is 0 Å². The maximum atomic E-state index is 12.2. The number of likely N-dealkylation sites (tertiary alicyclic amines) is 1. The first-order chi connectivity index (χ1) is 10.2. The molecule has 3 rings (SSSR count). The lowest BCUT2D eigenvalue weighted by Gasteiger charge is -2.15. The summed E-state index contributed by atoms with van der Waals surface area (Å²) in [6, 6.07) is 7.63. The number of hydrogen-bond donors (Lipinski definition) is 1. The SMILES string of the molecule is O=C(c1ccc(NCc2cnc(Cl)s2)cc1)N1CCCC1. The number of halogens is 1. The van der Waals surface area contributed by atoms with Crippen LogP contribution in [0.3, 0.4) is 0 Å². The highest BCUT2D eigenvalue weighted by Crippen LogP contribution is 2.20. The molecule has 2 heterocycles. The van der Waals surface area contributed by atoms with Gasteiger partial charge in [-0.2, -0.15) is 0 Å². The number of nitrogens with zero attached hydrogens (tertiary/aromatic N) is 2. The molecule has 1 aliphatic heterocycles. The van der Waals surface area contributed by atoms with Gasteiger partial charge in [0, 0.05) is 35.4 Å². The van der Waals surface area contributed by atoms with E-state index in [9.17, 15) is 4.79 Å². The molecule has 1 aromatic carbocycles. The number of anilines is 1. The summed E-state index contributed by atoms with van der Waals surface area (Å²) in [6.07, 6.45) is 4.00. The number of rotatable bonds is 4. The van der Waals surface area contributed by atoms with E-state index in [1.807, 2.05) is 29.2 Å². The van der Waals surface area contributed by atoms with E-state index in [0.717, 1.165) is 42.1 Å². The lowest BCUT2D eigenvalue weighted by atomic mass is 10.2. The average molecular weight is 322 g/mol. The van der Waals surface area contributed by atoms with E-state index in [-0.39, 0.29) is 5.91 Å². The molecule has 21 heavy (non-hydrogen) atoms. The summed E-state index contributed by atoms with van der Waals surface area (Å²) in [6.45, 7) is 2.44. The number of hydrogen-bond acceptors (Lipinski definition) is 4. The van der Waals surface area contributed by atoms with E-state index in [4.69, 9.17) is 11.6 Å². The van der Waals surface area contributed by atoms with Gasteiger partial charge in [0.2, 0.25) is 0 Å². The first-order valence-electron chi connectivity index (χ1n) is 6.96.